The lowest BCUT2D eigenvalue weighted by Gasteiger charge is -2.21. The summed E-state index contributed by atoms with van der Waals surface area (Å²) in [7, 11) is 0. The smallest absolute Gasteiger partial charge is 0.244 e. The lowest BCUT2D eigenvalue weighted by atomic mass is 10.1. The molecule has 0 saturated heterocycles. The largest absolute Gasteiger partial charge is 0.491 e. The first-order chi connectivity index (χ1) is 15.4. The molecule has 182 valence electrons. The summed E-state index contributed by atoms with van der Waals surface area (Å²) < 4.78 is 5.70. The molecule has 0 aliphatic carbocycles. The lowest BCUT2D eigenvalue weighted by Crippen LogP contribution is -2.40. The van der Waals surface area contributed by atoms with E-state index in [-0.39, 0.29) is 49.1 Å². The van der Waals surface area contributed by atoms with Gasteiger partial charge in [-0.3, -0.25) is 4.79 Å². The van der Waals surface area contributed by atoms with Crippen LogP contribution in [0.1, 0.15) is 44.9 Å². The topological polar surface area (TPSA) is 86.2 Å². The van der Waals surface area contributed by atoms with Gasteiger partial charge in [0, 0.05) is 26.2 Å². The molecule has 3 N–H and O–H groups in total. The van der Waals surface area contributed by atoms with Crippen molar-refractivity contribution in [3.63, 3.8) is 0 Å². The summed E-state index contributed by atoms with van der Waals surface area (Å²) in [5.41, 5.74) is 1.84. The van der Waals surface area contributed by atoms with Crippen molar-refractivity contribution in [2.45, 2.75) is 46.4 Å². The predicted octanol–water partition coefficient (Wildman–Crippen LogP) is 3.73. The molecule has 0 bridgehead atoms. The first-order valence-corrected chi connectivity index (χ1v) is 11.2. The van der Waals surface area contributed by atoms with Gasteiger partial charge < -0.3 is 25.4 Å². The lowest BCUT2D eigenvalue weighted by molar-refractivity contribution is -0.130. The number of aliphatic hydroxyl groups excluding tert-OH is 1. The number of amides is 1. The third-order valence-electron chi connectivity index (χ3n) is 4.74. The fraction of sp³-hybridized carbons (Fsp3) is 0.440. The molecule has 0 aliphatic heterocycles. The number of nitrogens with one attached hydrogen (secondary N) is 2. The second-order valence-corrected chi connectivity index (χ2v) is 7.72. The van der Waals surface area contributed by atoms with Gasteiger partial charge in [0.25, 0.3) is 0 Å². The number of aliphatic hydroxyl groups is 1. The molecule has 0 spiro atoms. The third-order valence-corrected chi connectivity index (χ3v) is 4.74. The molecule has 2 aromatic rings. The van der Waals surface area contributed by atoms with Crippen molar-refractivity contribution < 1.29 is 14.6 Å². The monoisotopic (exact) mass is 568 g/mol. The zero-order valence-electron chi connectivity index (χ0n) is 20.0. The Morgan fingerprint density at radius 2 is 1.82 bits per heavy atom. The number of carbonyl (C=O) groups is 1. The van der Waals surface area contributed by atoms with E-state index in [2.05, 4.69) is 15.6 Å². The Balaban J connectivity index is 0.00000544. The van der Waals surface area contributed by atoms with Crippen LogP contribution in [-0.2, 0) is 11.3 Å². The Labute approximate surface area is 214 Å². The molecular formula is C25H37IN4O3. The van der Waals surface area contributed by atoms with Crippen molar-refractivity contribution in [1.29, 1.82) is 0 Å². The van der Waals surface area contributed by atoms with Crippen molar-refractivity contribution in [2.75, 3.05) is 26.2 Å². The van der Waals surface area contributed by atoms with Crippen LogP contribution in [0.2, 0.25) is 0 Å². The molecule has 0 aromatic heterocycles. The first-order valence-electron chi connectivity index (χ1n) is 11.2. The normalized spacial score (nSPS) is 12.0. The molecule has 7 nitrogen and oxygen atoms in total. The fourth-order valence-electron chi connectivity index (χ4n) is 3.15. The van der Waals surface area contributed by atoms with E-state index in [4.69, 9.17) is 4.74 Å². The molecule has 1 amide bonds. The minimum absolute atomic E-state index is 0. The average Bonchev–Trinajstić information content (AvgIpc) is 2.79. The van der Waals surface area contributed by atoms with E-state index in [0.29, 0.717) is 25.6 Å². The van der Waals surface area contributed by atoms with Crippen LogP contribution < -0.4 is 15.4 Å². The summed E-state index contributed by atoms with van der Waals surface area (Å²) in [5, 5.41) is 16.8. The van der Waals surface area contributed by atoms with E-state index in [1.165, 1.54) is 0 Å². The summed E-state index contributed by atoms with van der Waals surface area (Å²) in [6.07, 6.45) is -0.675. The van der Waals surface area contributed by atoms with Gasteiger partial charge in [-0.2, -0.15) is 0 Å². The van der Waals surface area contributed by atoms with Crippen LogP contribution in [0.5, 0.6) is 5.75 Å². The standard InChI is InChI=1S/C25H36N4O3.HI/c1-5-26-25(27-16-23(30)21-13-10-14-22(15-21)32-19(3)4)28-17-24(31)29(6-2)18-20-11-8-7-9-12-20;/h7-15,19,23,30H,5-6,16-18H2,1-4H3,(H2,26,27,28);1H. The Morgan fingerprint density at radius 1 is 1.09 bits per heavy atom. The van der Waals surface area contributed by atoms with Crippen molar-refractivity contribution in [3.05, 3.63) is 65.7 Å². The second-order valence-electron chi connectivity index (χ2n) is 7.72. The summed E-state index contributed by atoms with van der Waals surface area (Å²) >= 11 is 0. The highest BCUT2D eigenvalue weighted by molar-refractivity contribution is 14.0. The average molecular weight is 569 g/mol. The number of carbonyl (C=O) groups excluding carboxylic acids is 1. The predicted molar refractivity (Wildman–Crippen MR) is 144 cm³/mol. The number of hydrogen-bond acceptors (Lipinski definition) is 4. The number of rotatable bonds is 11. The highest BCUT2D eigenvalue weighted by Crippen LogP contribution is 2.19. The maximum Gasteiger partial charge on any atom is 0.244 e. The van der Waals surface area contributed by atoms with E-state index in [1.807, 2.05) is 82.3 Å². The molecule has 0 heterocycles. The van der Waals surface area contributed by atoms with Gasteiger partial charge in [0.15, 0.2) is 5.96 Å². The summed E-state index contributed by atoms with van der Waals surface area (Å²) in [6.45, 7) is 9.95. The molecule has 0 radical (unpaired) electrons. The highest BCUT2D eigenvalue weighted by Gasteiger charge is 2.13. The quantitative estimate of drug-likeness (QED) is 0.219. The number of aliphatic imine (C=N–C) groups is 1. The Bertz CT molecular complexity index is 862. The van der Waals surface area contributed by atoms with Crippen LogP contribution in [0.3, 0.4) is 0 Å². The van der Waals surface area contributed by atoms with Crippen LogP contribution >= 0.6 is 24.0 Å². The maximum atomic E-state index is 12.7. The van der Waals surface area contributed by atoms with E-state index in [1.54, 1.807) is 4.90 Å². The highest BCUT2D eigenvalue weighted by atomic mass is 127. The van der Waals surface area contributed by atoms with Gasteiger partial charge in [-0.05, 0) is 51.0 Å². The molecule has 8 heteroatoms. The van der Waals surface area contributed by atoms with Gasteiger partial charge in [-0.25, -0.2) is 4.99 Å². The number of hydrogen-bond donors (Lipinski definition) is 3. The molecule has 1 atom stereocenters. The molecule has 2 rings (SSSR count). The van der Waals surface area contributed by atoms with Gasteiger partial charge in [0.2, 0.25) is 5.91 Å². The summed E-state index contributed by atoms with van der Waals surface area (Å²) in [5.74, 6) is 1.17. The van der Waals surface area contributed by atoms with Crippen LogP contribution in [0.15, 0.2) is 59.6 Å². The van der Waals surface area contributed by atoms with Crippen molar-refractivity contribution in [1.82, 2.24) is 15.5 Å². The second kappa shape index (κ2) is 15.5. The maximum absolute atomic E-state index is 12.7. The Morgan fingerprint density at radius 3 is 2.45 bits per heavy atom. The minimum atomic E-state index is -0.740. The first kappa shape index (κ1) is 28.7. The van der Waals surface area contributed by atoms with Gasteiger partial charge in [0.1, 0.15) is 12.3 Å². The number of halogens is 1. The van der Waals surface area contributed by atoms with Crippen LogP contribution in [-0.4, -0.2) is 54.2 Å². The van der Waals surface area contributed by atoms with E-state index in [0.717, 1.165) is 16.9 Å². The third kappa shape index (κ3) is 10.4. The van der Waals surface area contributed by atoms with Gasteiger partial charge in [0.05, 0.1) is 12.2 Å². The summed E-state index contributed by atoms with van der Waals surface area (Å²) in [4.78, 5) is 18.9. The number of ether oxygens (including phenoxy) is 1. The molecule has 1 unspecified atom stereocenters. The van der Waals surface area contributed by atoms with E-state index in [9.17, 15) is 9.90 Å². The number of benzene rings is 2. The number of likely N-dealkylation sites (N-methyl/N-ethyl adjacent to an activating group) is 1. The Hall–Kier alpha value is -2.33. The van der Waals surface area contributed by atoms with Gasteiger partial charge in [-0.15, -0.1) is 24.0 Å². The SMILES string of the molecule is CCNC(=NCC(=O)N(CC)Cc1ccccc1)NCC(O)c1cccc(OC(C)C)c1.I. The van der Waals surface area contributed by atoms with Crippen molar-refractivity contribution in [2.24, 2.45) is 4.99 Å². The molecular weight excluding hydrogens is 531 g/mol. The van der Waals surface area contributed by atoms with Crippen LogP contribution in [0, 0.1) is 0 Å². The van der Waals surface area contributed by atoms with Crippen molar-refractivity contribution >= 4 is 35.8 Å². The molecule has 2 aromatic carbocycles. The summed E-state index contributed by atoms with van der Waals surface area (Å²) in [6, 6.07) is 17.3. The van der Waals surface area contributed by atoms with E-state index < -0.39 is 6.10 Å². The molecule has 0 saturated carbocycles. The van der Waals surface area contributed by atoms with Crippen molar-refractivity contribution in [3.8, 4) is 5.75 Å². The number of nitrogens with zero attached hydrogens (tertiary/aromatic N) is 2. The van der Waals surface area contributed by atoms with E-state index >= 15 is 0 Å². The fourth-order valence-corrected chi connectivity index (χ4v) is 3.15. The minimum Gasteiger partial charge on any atom is -0.491 e. The zero-order chi connectivity index (χ0) is 23.3. The molecule has 0 fully saturated rings. The zero-order valence-corrected chi connectivity index (χ0v) is 22.3. The Kier molecular flexibility index (Phi) is 13.5. The van der Waals surface area contributed by atoms with Crippen LogP contribution in [0.25, 0.3) is 0 Å². The van der Waals surface area contributed by atoms with Gasteiger partial charge in [-0.1, -0.05) is 42.5 Å². The van der Waals surface area contributed by atoms with Crippen LogP contribution in [0.4, 0.5) is 0 Å². The number of guanidine groups is 1. The molecule has 0 aliphatic rings. The molecule has 33 heavy (non-hydrogen) atoms. The van der Waals surface area contributed by atoms with Gasteiger partial charge >= 0.3 is 0 Å².